The minimum atomic E-state index is -3.62. The third kappa shape index (κ3) is 3.07. The van der Waals surface area contributed by atoms with Crippen LogP contribution < -0.4 is 14.9 Å². The average Bonchev–Trinajstić information content (AvgIpc) is 2.83. The quantitative estimate of drug-likeness (QED) is 0.863. The largest absolute Gasteiger partial charge is 0.374 e. The second-order valence-electron chi connectivity index (χ2n) is 6.94. The second kappa shape index (κ2) is 5.49. The van der Waals surface area contributed by atoms with Gasteiger partial charge < -0.3 is 10.2 Å². The Hall–Kier alpha value is -1.60. The van der Waals surface area contributed by atoms with E-state index in [4.69, 9.17) is 0 Å². The Labute approximate surface area is 137 Å². The number of fused-ring (bicyclic) bond motifs is 1. The number of hydrogen-bond acceptors (Lipinski definition) is 4. The monoisotopic (exact) mass is 337 g/mol. The van der Waals surface area contributed by atoms with Crippen molar-refractivity contribution in [3.8, 4) is 0 Å². The van der Waals surface area contributed by atoms with E-state index in [0.717, 1.165) is 18.7 Å². The van der Waals surface area contributed by atoms with Crippen molar-refractivity contribution in [2.24, 2.45) is 0 Å². The average molecular weight is 337 g/mol. The lowest BCUT2D eigenvalue weighted by Crippen LogP contribution is -2.61. The summed E-state index contributed by atoms with van der Waals surface area (Å²) in [6.07, 6.45) is 1.79. The molecule has 7 heteroatoms. The molecule has 6 nitrogen and oxygen atoms in total. The fourth-order valence-electron chi connectivity index (χ4n) is 3.29. The molecule has 2 heterocycles. The van der Waals surface area contributed by atoms with Gasteiger partial charge in [-0.3, -0.25) is 4.79 Å². The van der Waals surface area contributed by atoms with Gasteiger partial charge in [0.2, 0.25) is 15.9 Å². The molecule has 0 aliphatic carbocycles. The molecule has 0 unspecified atom stereocenters. The lowest BCUT2D eigenvalue weighted by atomic mass is 9.88. The van der Waals surface area contributed by atoms with Gasteiger partial charge in [-0.25, -0.2) is 13.1 Å². The maximum absolute atomic E-state index is 12.7. The zero-order valence-electron chi connectivity index (χ0n) is 13.7. The van der Waals surface area contributed by atoms with E-state index in [1.807, 2.05) is 27.0 Å². The molecule has 1 atom stereocenters. The number of nitrogens with one attached hydrogen (secondary N) is 2. The van der Waals surface area contributed by atoms with Gasteiger partial charge in [0.15, 0.2) is 0 Å². The Bertz CT molecular complexity index is 743. The molecule has 1 saturated heterocycles. The van der Waals surface area contributed by atoms with Crippen LogP contribution in [0.15, 0.2) is 23.1 Å². The minimum Gasteiger partial charge on any atom is -0.374 e. The SMILES string of the molecule is CN1CCc2ccc(S(=O)(=O)N[C@H]3CCC(=O)NC3(C)C)cc21. The first-order valence-corrected chi connectivity index (χ1v) is 9.35. The van der Waals surface area contributed by atoms with E-state index in [2.05, 4.69) is 14.9 Å². The van der Waals surface area contributed by atoms with Crippen LogP contribution >= 0.6 is 0 Å². The van der Waals surface area contributed by atoms with Crippen LogP contribution in [-0.4, -0.2) is 39.5 Å². The molecule has 23 heavy (non-hydrogen) atoms. The topological polar surface area (TPSA) is 78.5 Å². The van der Waals surface area contributed by atoms with Gasteiger partial charge >= 0.3 is 0 Å². The van der Waals surface area contributed by atoms with Crippen LogP contribution in [0.5, 0.6) is 0 Å². The number of sulfonamides is 1. The Kier molecular flexibility index (Phi) is 3.88. The molecule has 126 valence electrons. The Morgan fingerprint density at radius 3 is 2.74 bits per heavy atom. The highest BCUT2D eigenvalue weighted by Crippen LogP contribution is 2.30. The van der Waals surface area contributed by atoms with Crippen LogP contribution in [-0.2, 0) is 21.2 Å². The summed E-state index contributed by atoms with van der Waals surface area (Å²) in [4.78, 5) is 13.9. The van der Waals surface area contributed by atoms with Crippen molar-refractivity contribution in [2.45, 2.75) is 49.6 Å². The molecule has 0 bridgehead atoms. The Morgan fingerprint density at radius 1 is 1.30 bits per heavy atom. The summed E-state index contributed by atoms with van der Waals surface area (Å²) in [6.45, 7) is 4.59. The van der Waals surface area contributed by atoms with Crippen LogP contribution in [0.3, 0.4) is 0 Å². The maximum atomic E-state index is 12.7. The number of nitrogens with zero attached hydrogens (tertiary/aromatic N) is 1. The number of benzene rings is 1. The number of rotatable bonds is 3. The van der Waals surface area contributed by atoms with E-state index >= 15 is 0 Å². The van der Waals surface area contributed by atoms with E-state index in [1.165, 1.54) is 5.56 Å². The maximum Gasteiger partial charge on any atom is 0.240 e. The Morgan fingerprint density at radius 2 is 2.04 bits per heavy atom. The lowest BCUT2D eigenvalue weighted by molar-refractivity contribution is -0.125. The highest BCUT2D eigenvalue weighted by atomic mass is 32.2. The summed E-state index contributed by atoms with van der Waals surface area (Å²) >= 11 is 0. The van der Waals surface area contributed by atoms with Gasteiger partial charge in [-0.05, 0) is 44.4 Å². The molecule has 3 rings (SSSR count). The van der Waals surface area contributed by atoms with Gasteiger partial charge in [-0.15, -0.1) is 0 Å². The molecule has 2 aliphatic rings. The van der Waals surface area contributed by atoms with Gasteiger partial charge in [-0.2, -0.15) is 0 Å². The highest BCUT2D eigenvalue weighted by molar-refractivity contribution is 7.89. The van der Waals surface area contributed by atoms with E-state index in [9.17, 15) is 13.2 Å². The smallest absolute Gasteiger partial charge is 0.240 e. The number of likely N-dealkylation sites (N-methyl/N-ethyl adjacent to an activating group) is 1. The van der Waals surface area contributed by atoms with Crippen LogP contribution in [0.1, 0.15) is 32.3 Å². The molecule has 0 aromatic heterocycles. The minimum absolute atomic E-state index is 0.0374. The van der Waals surface area contributed by atoms with Crippen molar-refractivity contribution in [3.05, 3.63) is 23.8 Å². The molecule has 0 saturated carbocycles. The number of amides is 1. The number of carbonyl (C=O) groups is 1. The van der Waals surface area contributed by atoms with Crippen LogP contribution in [0, 0.1) is 0 Å². The van der Waals surface area contributed by atoms with Crippen LogP contribution in [0.2, 0.25) is 0 Å². The fraction of sp³-hybridized carbons (Fsp3) is 0.562. The molecule has 0 radical (unpaired) electrons. The van der Waals surface area contributed by atoms with Crippen molar-refractivity contribution in [2.75, 3.05) is 18.5 Å². The standard InChI is InChI=1S/C16H23N3O3S/c1-16(2)14(6-7-15(20)17-16)18-23(21,22)12-5-4-11-8-9-19(3)13(11)10-12/h4-5,10,14,18H,6-9H2,1-3H3,(H,17,20)/t14-/m0/s1. The zero-order valence-corrected chi connectivity index (χ0v) is 14.5. The third-order valence-electron chi connectivity index (χ3n) is 4.79. The number of anilines is 1. The molecule has 1 amide bonds. The Balaban J connectivity index is 1.85. The van der Waals surface area contributed by atoms with Gasteiger partial charge in [-0.1, -0.05) is 6.07 Å². The first-order chi connectivity index (χ1) is 10.7. The summed E-state index contributed by atoms with van der Waals surface area (Å²) in [5, 5.41) is 2.85. The van der Waals surface area contributed by atoms with Crippen LogP contribution in [0.4, 0.5) is 5.69 Å². The van der Waals surface area contributed by atoms with Gasteiger partial charge in [0, 0.05) is 31.7 Å². The molecular formula is C16H23N3O3S. The molecule has 1 aromatic rings. The summed E-state index contributed by atoms with van der Waals surface area (Å²) < 4.78 is 28.2. The summed E-state index contributed by atoms with van der Waals surface area (Å²) in [5.74, 6) is -0.0374. The fourth-order valence-corrected chi connectivity index (χ4v) is 4.73. The molecular weight excluding hydrogens is 314 g/mol. The molecule has 2 aliphatic heterocycles. The van der Waals surface area contributed by atoms with Gasteiger partial charge in [0.05, 0.1) is 10.4 Å². The zero-order chi connectivity index (χ0) is 16.8. The van der Waals surface area contributed by atoms with Gasteiger partial charge in [0.1, 0.15) is 0 Å². The third-order valence-corrected chi connectivity index (χ3v) is 6.25. The first kappa shape index (κ1) is 16.3. The number of hydrogen-bond donors (Lipinski definition) is 2. The summed E-state index contributed by atoms with van der Waals surface area (Å²) in [6, 6.07) is 4.96. The summed E-state index contributed by atoms with van der Waals surface area (Å²) in [7, 11) is -1.65. The lowest BCUT2D eigenvalue weighted by Gasteiger charge is -2.39. The molecule has 0 spiro atoms. The second-order valence-corrected chi connectivity index (χ2v) is 8.66. The molecule has 1 aromatic carbocycles. The highest BCUT2D eigenvalue weighted by Gasteiger charge is 2.38. The van der Waals surface area contributed by atoms with Gasteiger partial charge in [0.25, 0.3) is 0 Å². The van der Waals surface area contributed by atoms with E-state index in [-0.39, 0.29) is 16.8 Å². The molecule has 2 N–H and O–H groups in total. The van der Waals surface area contributed by atoms with Crippen LogP contribution in [0.25, 0.3) is 0 Å². The normalized spacial score (nSPS) is 23.5. The molecule has 1 fully saturated rings. The van der Waals surface area contributed by atoms with E-state index < -0.39 is 15.6 Å². The van der Waals surface area contributed by atoms with Crippen molar-refractivity contribution >= 4 is 21.6 Å². The van der Waals surface area contributed by atoms with E-state index in [0.29, 0.717) is 12.8 Å². The number of carbonyl (C=O) groups excluding carboxylic acids is 1. The van der Waals surface area contributed by atoms with Crippen molar-refractivity contribution < 1.29 is 13.2 Å². The van der Waals surface area contributed by atoms with Crippen molar-refractivity contribution in [1.29, 1.82) is 0 Å². The van der Waals surface area contributed by atoms with Crippen molar-refractivity contribution in [1.82, 2.24) is 10.0 Å². The summed E-state index contributed by atoms with van der Waals surface area (Å²) in [5.41, 5.74) is 1.55. The van der Waals surface area contributed by atoms with Crippen molar-refractivity contribution in [3.63, 3.8) is 0 Å². The van der Waals surface area contributed by atoms with E-state index in [1.54, 1.807) is 12.1 Å². The predicted octanol–water partition coefficient (Wildman–Crippen LogP) is 1.01. The number of piperidine rings is 1. The predicted molar refractivity (Wildman–Crippen MR) is 89.0 cm³/mol. The first-order valence-electron chi connectivity index (χ1n) is 7.86.